The average Bonchev–Trinajstić information content (AvgIpc) is 3.56. The Kier molecular flexibility index (Phi) is 62.0. The molecule has 0 aliphatic carbocycles. The minimum atomic E-state index is 0. The predicted molar refractivity (Wildman–Crippen MR) is 361 cm³/mol. The Morgan fingerprint density at radius 1 is 0.177 bits per heavy atom. The molecule has 0 atom stereocenters. The Hall–Kier alpha value is 0.440. The van der Waals surface area contributed by atoms with Crippen LogP contribution in [0.4, 0.5) is 0 Å². The quantitative estimate of drug-likeness (QED) is 0.0421. The van der Waals surface area contributed by atoms with Crippen LogP contribution in [0.15, 0.2) is 0 Å². The first kappa shape index (κ1) is 81.5. The van der Waals surface area contributed by atoms with Crippen molar-refractivity contribution in [3.05, 3.63) is 0 Å². The molecular formula is C77H158BrN. The van der Waals surface area contributed by atoms with Crippen LogP contribution in [0.25, 0.3) is 0 Å². The standard InChI is InChI=1S/C77H158N.BrH/c1-11-18-25-32-39-46-49-56-63-70-75(68-61-54-47-40-33-26-19-12-2,69-62-55-48-41-34-27-20-13-3)76(71-64-57-50-42-35-28-21-14-4,72-65-58-51-43-36-29-22-15-5)77(78(8,9)10,73-66-59-52-44-37-30-23-16-6)74-67-60-53-45-38-31-24-17-7;/h11-74H2,1-10H3;1H/q+1;/p-1. The molecule has 0 saturated heterocycles. The van der Waals surface area contributed by atoms with Crippen molar-refractivity contribution < 1.29 is 21.5 Å². The van der Waals surface area contributed by atoms with E-state index in [0.29, 0.717) is 16.4 Å². The van der Waals surface area contributed by atoms with Crippen LogP contribution in [0, 0.1) is 10.8 Å². The summed E-state index contributed by atoms with van der Waals surface area (Å²) in [6.07, 6.45) is 93.7. The maximum atomic E-state index is 2.81. The molecule has 0 spiro atoms. The van der Waals surface area contributed by atoms with E-state index in [1.165, 1.54) is 396 Å². The molecule has 0 amide bonds. The highest BCUT2D eigenvalue weighted by molar-refractivity contribution is 5.10. The number of nitrogens with zero attached hydrogens (tertiary/aromatic N) is 1. The smallest absolute Gasteiger partial charge is 0.105 e. The van der Waals surface area contributed by atoms with Crippen molar-refractivity contribution in [2.45, 2.75) is 465 Å². The zero-order valence-corrected chi connectivity index (χ0v) is 59.2. The van der Waals surface area contributed by atoms with E-state index in [2.05, 4.69) is 69.6 Å². The van der Waals surface area contributed by atoms with Gasteiger partial charge in [0.15, 0.2) is 0 Å². The van der Waals surface area contributed by atoms with Crippen LogP contribution >= 0.6 is 0 Å². The summed E-state index contributed by atoms with van der Waals surface area (Å²) in [6, 6.07) is 0. The fourth-order valence-electron chi connectivity index (χ4n) is 15.8. The first-order valence-electron chi connectivity index (χ1n) is 38.0. The molecular weight excluding hydrogens is 1020 g/mol. The van der Waals surface area contributed by atoms with Gasteiger partial charge in [-0.2, -0.15) is 0 Å². The van der Waals surface area contributed by atoms with Crippen LogP contribution in [0.5, 0.6) is 0 Å². The third kappa shape index (κ3) is 41.2. The summed E-state index contributed by atoms with van der Waals surface area (Å²) >= 11 is 0. The van der Waals surface area contributed by atoms with E-state index in [4.69, 9.17) is 0 Å². The molecule has 2 heteroatoms. The molecule has 0 unspecified atom stereocenters. The third-order valence-electron chi connectivity index (χ3n) is 20.8. The Morgan fingerprint density at radius 2 is 0.316 bits per heavy atom. The molecule has 79 heavy (non-hydrogen) atoms. The predicted octanol–water partition coefficient (Wildman–Crippen LogP) is 25.5. The second kappa shape index (κ2) is 60.1. The summed E-state index contributed by atoms with van der Waals surface area (Å²) in [7, 11) is 8.42. The van der Waals surface area contributed by atoms with Gasteiger partial charge in [0.05, 0.1) is 21.1 Å². The summed E-state index contributed by atoms with van der Waals surface area (Å²) < 4.78 is 1.21. The van der Waals surface area contributed by atoms with Crippen molar-refractivity contribution in [2.75, 3.05) is 21.1 Å². The highest BCUT2D eigenvalue weighted by Gasteiger charge is 2.65. The lowest BCUT2D eigenvalue weighted by Crippen LogP contribution is -3.00. The number of unbranched alkanes of at least 4 members (excludes halogenated alkanes) is 50. The summed E-state index contributed by atoms with van der Waals surface area (Å²) in [5.41, 5.74) is 1.14. The Balaban J connectivity index is 0. The van der Waals surface area contributed by atoms with Gasteiger partial charge >= 0.3 is 0 Å². The maximum Gasteiger partial charge on any atom is 0.105 e. The first-order chi connectivity index (χ1) is 38.2. The van der Waals surface area contributed by atoms with Gasteiger partial charge < -0.3 is 21.5 Å². The largest absolute Gasteiger partial charge is 1.00 e. The number of quaternary nitrogens is 1. The third-order valence-corrected chi connectivity index (χ3v) is 20.8. The molecule has 0 aliphatic heterocycles. The molecule has 0 aliphatic rings. The molecule has 0 rings (SSSR count). The van der Waals surface area contributed by atoms with Gasteiger partial charge in [-0.25, -0.2) is 0 Å². The van der Waals surface area contributed by atoms with Gasteiger partial charge in [0, 0.05) is 18.3 Å². The molecule has 478 valence electrons. The van der Waals surface area contributed by atoms with E-state index in [9.17, 15) is 0 Å². The topological polar surface area (TPSA) is 0 Å². The Labute approximate surface area is 515 Å². The second-order valence-corrected chi connectivity index (χ2v) is 28.3. The summed E-state index contributed by atoms with van der Waals surface area (Å²) in [5, 5.41) is 0. The molecule has 0 saturated carbocycles. The zero-order valence-electron chi connectivity index (χ0n) is 57.6. The lowest BCUT2D eigenvalue weighted by atomic mass is 9.44. The fourth-order valence-corrected chi connectivity index (χ4v) is 15.8. The Bertz CT molecular complexity index is 1080. The number of hydrogen-bond donors (Lipinski definition) is 0. The summed E-state index contributed by atoms with van der Waals surface area (Å²) in [4.78, 5) is 0. The molecule has 0 aromatic rings. The van der Waals surface area contributed by atoms with E-state index < -0.39 is 0 Å². The normalized spacial score (nSPS) is 12.5. The highest BCUT2D eigenvalue weighted by atomic mass is 79.9. The monoisotopic (exact) mass is 1180 g/mol. The number of hydrogen-bond acceptors (Lipinski definition) is 0. The second-order valence-electron chi connectivity index (χ2n) is 28.3. The molecule has 0 heterocycles. The maximum absolute atomic E-state index is 2.81. The van der Waals surface area contributed by atoms with E-state index >= 15 is 0 Å². The summed E-state index contributed by atoms with van der Waals surface area (Å²) in [5.74, 6) is 0. The molecule has 0 N–H and O–H groups in total. The van der Waals surface area contributed by atoms with Crippen LogP contribution in [-0.2, 0) is 0 Å². The van der Waals surface area contributed by atoms with Gasteiger partial charge in [0.1, 0.15) is 5.54 Å². The van der Waals surface area contributed by atoms with Gasteiger partial charge in [-0.3, -0.25) is 0 Å². The summed E-state index contributed by atoms with van der Waals surface area (Å²) in [6.45, 7) is 16.8. The molecule has 0 aromatic carbocycles. The molecule has 0 aromatic heterocycles. The van der Waals surface area contributed by atoms with E-state index in [1.807, 2.05) is 0 Å². The fraction of sp³-hybridized carbons (Fsp3) is 1.00. The van der Waals surface area contributed by atoms with Crippen molar-refractivity contribution >= 4 is 0 Å². The molecule has 1 nitrogen and oxygen atoms in total. The average molecular weight is 1180 g/mol. The van der Waals surface area contributed by atoms with E-state index in [0.717, 1.165) is 0 Å². The van der Waals surface area contributed by atoms with Crippen LogP contribution in [0.2, 0.25) is 0 Å². The van der Waals surface area contributed by atoms with Gasteiger partial charge in [-0.05, 0) is 50.4 Å². The van der Waals surface area contributed by atoms with Crippen molar-refractivity contribution in [2.24, 2.45) is 10.8 Å². The minimum absolute atomic E-state index is 0. The van der Waals surface area contributed by atoms with Gasteiger partial charge in [-0.15, -0.1) is 0 Å². The van der Waals surface area contributed by atoms with Crippen molar-refractivity contribution in [3.8, 4) is 0 Å². The molecule has 0 bridgehead atoms. The van der Waals surface area contributed by atoms with Crippen LogP contribution in [0.1, 0.15) is 459 Å². The highest BCUT2D eigenvalue weighted by Crippen LogP contribution is 2.66. The SMILES string of the molecule is CCCCCCCCCCCC(CCCCCCCCCC)(CCCCCCCCCC)C(CCCCCCCCCC)(CCCCCCCCCC)C(CCCCCCCCCC)(CCCCCCCCCC)[N+](C)(C)C.[Br-]. The minimum Gasteiger partial charge on any atom is -1.00 e. The lowest BCUT2D eigenvalue weighted by molar-refractivity contribution is -0.937. The van der Waals surface area contributed by atoms with Crippen molar-refractivity contribution in [3.63, 3.8) is 0 Å². The van der Waals surface area contributed by atoms with Gasteiger partial charge in [0.25, 0.3) is 0 Å². The van der Waals surface area contributed by atoms with Gasteiger partial charge in [-0.1, -0.05) is 402 Å². The lowest BCUT2D eigenvalue weighted by Gasteiger charge is -2.66. The van der Waals surface area contributed by atoms with Crippen LogP contribution < -0.4 is 17.0 Å². The van der Waals surface area contributed by atoms with Crippen LogP contribution in [0.3, 0.4) is 0 Å². The van der Waals surface area contributed by atoms with E-state index in [-0.39, 0.29) is 17.0 Å². The Morgan fingerprint density at radius 3 is 0.481 bits per heavy atom. The van der Waals surface area contributed by atoms with Crippen molar-refractivity contribution in [1.82, 2.24) is 0 Å². The number of halogens is 1. The first-order valence-corrected chi connectivity index (χ1v) is 38.0. The molecule has 0 fully saturated rings. The molecule has 0 radical (unpaired) electrons. The van der Waals surface area contributed by atoms with Crippen LogP contribution in [-0.4, -0.2) is 31.2 Å². The van der Waals surface area contributed by atoms with Crippen molar-refractivity contribution in [1.29, 1.82) is 0 Å². The zero-order chi connectivity index (χ0) is 57.3. The van der Waals surface area contributed by atoms with E-state index in [1.54, 1.807) is 19.3 Å². The van der Waals surface area contributed by atoms with Gasteiger partial charge in [0.2, 0.25) is 0 Å². The number of rotatable bonds is 67.